The fourth-order valence-electron chi connectivity index (χ4n) is 2.61. The van der Waals surface area contributed by atoms with Gasteiger partial charge in [0.05, 0.1) is 11.6 Å². The summed E-state index contributed by atoms with van der Waals surface area (Å²) in [7, 11) is 0. The molecule has 0 saturated carbocycles. The van der Waals surface area contributed by atoms with Gasteiger partial charge in [-0.05, 0) is 31.2 Å². The van der Waals surface area contributed by atoms with Crippen molar-refractivity contribution in [1.82, 2.24) is 14.7 Å². The van der Waals surface area contributed by atoms with Crippen LogP contribution >= 0.6 is 11.6 Å². The van der Waals surface area contributed by atoms with Gasteiger partial charge in [-0.2, -0.15) is 5.10 Å². The summed E-state index contributed by atoms with van der Waals surface area (Å²) in [6.07, 6.45) is 2.02. The Morgan fingerprint density at radius 2 is 2.09 bits per heavy atom. The molecule has 0 spiro atoms. The minimum absolute atomic E-state index is 0.0272. The third kappa shape index (κ3) is 3.37. The Morgan fingerprint density at radius 1 is 1.35 bits per heavy atom. The van der Waals surface area contributed by atoms with E-state index < -0.39 is 0 Å². The molecule has 1 fully saturated rings. The highest BCUT2D eigenvalue weighted by molar-refractivity contribution is 6.30. The van der Waals surface area contributed by atoms with Crippen LogP contribution in [0.4, 0.5) is 5.82 Å². The summed E-state index contributed by atoms with van der Waals surface area (Å²) >= 11 is 5.86. The van der Waals surface area contributed by atoms with Crippen LogP contribution in [-0.4, -0.2) is 39.6 Å². The number of aromatic nitrogens is 2. The maximum Gasteiger partial charge on any atom is 0.230 e. The predicted molar refractivity (Wildman–Crippen MR) is 87.6 cm³/mol. The van der Waals surface area contributed by atoms with E-state index in [1.165, 1.54) is 0 Å². The first-order valence-electron chi connectivity index (χ1n) is 7.47. The monoisotopic (exact) mass is 332 g/mol. The van der Waals surface area contributed by atoms with E-state index in [9.17, 15) is 9.59 Å². The number of nitrogens with one attached hydrogen (secondary N) is 1. The molecule has 0 bridgehead atoms. The molecule has 23 heavy (non-hydrogen) atoms. The largest absolute Gasteiger partial charge is 0.342 e. The molecule has 1 aliphatic heterocycles. The number of amides is 2. The average molecular weight is 333 g/mol. The molecule has 120 valence electrons. The molecule has 1 aliphatic rings. The van der Waals surface area contributed by atoms with Crippen molar-refractivity contribution in [2.75, 3.05) is 18.4 Å². The molecular formula is C16H17ClN4O2. The van der Waals surface area contributed by atoms with E-state index in [1.54, 1.807) is 34.0 Å². The molecule has 7 heteroatoms. The number of anilines is 1. The quantitative estimate of drug-likeness (QED) is 0.934. The lowest BCUT2D eigenvalue weighted by molar-refractivity contribution is -0.128. The SMILES string of the molecule is CCN1CC(C(=O)Nc2ccn(-c3ccc(Cl)cc3)n2)CC1=O. The number of benzene rings is 1. The van der Waals surface area contributed by atoms with Crippen LogP contribution in [0.1, 0.15) is 13.3 Å². The van der Waals surface area contributed by atoms with Gasteiger partial charge < -0.3 is 10.2 Å². The maximum atomic E-state index is 12.3. The summed E-state index contributed by atoms with van der Waals surface area (Å²) in [5.74, 6) is 0.00507. The van der Waals surface area contributed by atoms with E-state index in [4.69, 9.17) is 11.6 Å². The summed E-state index contributed by atoms with van der Waals surface area (Å²) in [5, 5.41) is 7.75. The molecule has 1 unspecified atom stereocenters. The van der Waals surface area contributed by atoms with Crippen molar-refractivity contribution in [3.05, 3.63) is 41.6 Å². The number of hydrogen-bond donors (Lipinski definition) is 1. The van der Waals surface area contributed by atoms with Crippen LogP contribution in [0, 0.1) is 5.92 Å². The van der Waals surface area contributed by atoms with E-state index in [1.807, 2.05) is 19.1 Å². The number of rotatable bonds is 4. The van der Waals surface area contributed by atoms with Gasteiger partial charge in [-0.1, -0.05) is 11.6 Å². The normalized spacial score (nSPS) is 17.6. The van der Waals surface area contributed by atoms with Crippen molar-refractivity contribution >= 4 is 29.2 Å². The zero-order valence-electron chi connectivity index (χ0n) is 12.7. The highest BCUT2D eigenvalue weighted by Gasteiger charge is 2.33. The molecule has 2 amide bonds. The van der Waals surface area contributed by atoms with E-state index in [-0.39, 0.29) is 24.2 Å². The molecule has 2 aromatic rings. The van der Waals surface area contributed by atoms with Gasteiger partial charge in [0.1, 0.15) is 0 Å². The molecule has 2 heterocycles. The Hall–Kier alpha value is -2.34. The molecule has 1 aromatic carbocycles. The molecule has 1 aromatic heterocycles. The summed E-state index contributed by atoms with van der Waals surface area (Å²) < 4.78 is 1.66. The third-order valence-electron chi connectivity index (χ3n) is 3.90. The number of likely N-dealkylation sites (tertiary alicyclic amines) is 1. The summed E-state index contributed by atoms with van der Waals surface area (Å²) in [4.78, 5) is 25.7. The van der Waals surface area contributed by atoms with Crippen molar-refractivity contribution < 1.29 is 9.59 Å². The smallest absolute Gasteiger partial charge is 0.230 e. The molecule has 1 N–H and O–H groups in total. The van der Waals surface area contributed by atoms with E-state index >= 15 is 0 Å². The van der Waals surface area contributed by atoms with Gasteiger partial charge in [-0.25, -0.2) is 4.68 Å². The first kappa shape index (κ1) is 15.6. The van der Waals surface area contributed by atoms with Crippen LogP contribution in [-0.2, 0) is 9.59 Å². The number of halogens is 1. The molecule has 3 rings (SSSR count). The second-order valence-electron chi connectivity index (χ2n) is 5.44. The van der Waals surface area contributed by atoms with Gasteiger partial charge >= 0.3 is 0 Å². The molecule has 0 radical (unpaired) electrons. The molecule has 1 atom stereocenters. The molecular weight excluding hydrogens is 316 g/mol. The molecule has 6 nitrogen and oxygen atoms in total. The Morgan fingerprint density at radius 3 is 2.74 bits per heavy atom. The topological polar surface area (TPSA) is 67.2 Å². The summed E-state index contributed by atoms with van der Waals surface area (Å²) in [6, 6.07) is 8.97. The van der Waals surface area contributed by atoms with Gasteiger partial charge in [-0.3, -0.25) is 9.59 Å². The minimum atomic E-state index is -0.317. The highest BCUT2D eigenvalue weighted by atomic mass is 35.5. The van der Waals surface area contributed by atoms with Crippen molar-refractivity contribution in [2.45, 2.75) is 13.3 Å². The van der Waals surface area contributed by atoms with Crippen LogP contribution in [0.25, 0.3) is 5.69 Å². The molecule has 1 saturated heterocycles. The van der Waals surface area contributed by atoms with Crippen molar-refractivity contribution in [3.8, 4) is 5.69 Å². The van der Waals surface area contributed by atoms with Crippen LogP contribution < -0.4 is 5.32 Å². The van der Waals surface area contributed by atoms with Crippen LogP contribution in [0.5, 0.6) is 0 Å². The van der Waals surface area contributed by atoms with Crippen LogP contribution in [0.3, 0.4) is 0 Å². The first-order chi connectivity index (χ1) is 11.1. The lowest BCUT2D eigenvalue weighted by atomic mass is 10.1. The maximum absolute atomic E-state index is 12.3. The second-order valence-corrected chi connectivity index (χ2v) is 5.88. The average Bonchev–Trinajstić information content (AvgIpc) is 3.14. The van der Waals surface area contributed by atoms with Crippen molar-refractivity contribution in [1.29, 1.82) is 0 Å². The Labute approximate surface area is 139 Å². The van der Waals surface area contributed by atoms with Crippen LogP contribution in [0.2, 0.25) is 5.02 Å². The summed E-state index contributed by atoms with van der Waals surface area (Å²) in [6.45, 7) is 3.01. The lowest BCUT2D eigenvalue weighted by Gasteiger charge is -2.13. The van der Waals surface area contributed by atoms with E-state index in [0.717, 1.165) is 5.69 Å². The van der Waals surface area contributed by atoms with E-state index in [0.29, 0.717) is 23.9 Å². The van der Waals surface area contributed by atoms with Gasteiger partial charge in [-0.15, -0.1) is 0 Å². The second kappa shape index (κ2) is 6.42. The number of nitrogens with zero attached hydrogens (tertiary/aromatic N) is 3. The highest BCUT2D eigenvalue weighted by Crippen LogP contribution is 2.20. The fraction of sp³-hybridized carbons (Fsp3) is 0.312. The van der Waals surface area contributed by atoms with Crippen molar-refractivity contribution in [3.63, 3.8) is 0 Å². The van der Waals surface area contributed by atoms with Gasteiger partial charge in [0.2, 0.25) is 11.8 Å². The number of hydrogen-bond acceptors (Lipinski definition) is 3. The lowest BCUT2D eigenvalue weighted by Crippen LogP contribution is -2.28. The predicted octanol–water partition coefficient (Wildman–Crippen LogP) is 2.33. The Bertz CT molecular complexity index is 726. The Balaban J connectivity index is 1.66. The van der Waals surface area contributed by atoms with Gasteiger partial charge in [0, 0.05) is 36.8 Å². The Kier molecular flexibility index (Phi) is 4.34. The first-order valence-corrected chi connectivity index (χ1v) is 7.85. The molecule has 0 aliphatic carbocycles. The van der Waals surface area contributed by atoms with Crippen LogP contribution in [0.15, 0.2) is 36.5 Å². The number of carbonyl (C=O) groups excluding carboxylic acids is 2. The van der Waals surface area contributed by atoms with Gasteiger partial charge in [0.25, 0.3) is 0 Å². The zero-order valence-corrected chi connectivity index (χ0v) is 13.5. The third-order valence-corrected chi connectivity index (χ3v) is 4.15. The standard InChI is InChI=1S/C16H17ClN4O2/c1-2-20-10-11(9-15(20)22)16(23)18-14-7-8-21(19-14)13-5-3-12(17)4-6-13/h3-8,11H,2,9-10H2,1H3,(H,18,19,23). The van der Waals surface area contributed by atoms with Crippen molar-refractivity contribution in [2.24, 2.45) is 5.92 Å². The minimum Gasteiger partial charge on any atom is -0.342 e. The fourth-order valence-corrected chi connectivity index (χ4v) is 2.74. The number of carbonyl (C=O) groups is 2. The summed E-state index contributed by atoms with van der Waals surface area (Å²) in [5.41, 5.74) is 0.850. The van der Waals surface area contributed by atoms with E-state index in [2.05, 4.69) is 10.4 Å². The zero-order chi connectivity index (χ0) is 16.4. The van der Waals surface area contributed by atoms with Gasteiger partial charge in [0.15, 0.2) is 5.82 Å².